The lowest BCUT2D eigenvalue weighted by Crippen LogP contribution is -2.19. The van der Waals surface area contributed by atoms with Crippen molar-refractivity contribution < 1.29 is 0 Å². The Labute approximate surface area is 274 Å². The Balaban J connectivity index is 2.02. The minimum absolute atomic E-state index is 0.0119. The monoisotopic (exact) mass is 596 g/mol. The van der Waals surface area contributed by atoms with E-state index in [2.05, 4.69) is 176 Å². The molecule has 0 nitrogen and oxygen atoms in total. The molecule has 0 spiro atoms. The summed E-state index contributed by atoms with van der Waals surface area (Å²) < 4.78 is 0. The lowest BCUT2D eigenvalue weighted by atomic mass is 9.70. The van der Waals surface area contributed by atoms with Crippen LogP contribution >= 0.6 is 0 Å². The predicted molar refractivity (Wildman–Crippen MR) is 200 cm³/mol. The molecule has 0 aliphatic heterocycles. The molecule has 45 heavy (non-hydrogen) atoms. The number of fused-ring (bicyclic) bond motifs is 2. The minimum atomic E-state index is 0.0119. The lowest BCUT2D eigenvalue weighted by Gasteiger charge is -2.33. The Kier molecular flexibility index (Phi) is 8.18. The third-order valence-corrected chi connectivity index (χ3v) is 9.96. The van der Waals surface area contributed by atoms with Gasteiger partial charge in [-0.25, -0.2) is 0 Å². The molecule has 0 atom stereocenters. The van der Waals surface area contributed by atoms with Gasteiger partial charge in [0.25, 0.3) is 0 Å². The second-order valence-electron chi connectivity index (χ2n) is 17.6. The van der Waals surface area contributed by atoms with E-state index in [1.807, 2.05) is 0 Å². The number of hydrogen-bond donors (Lipinski definition) is 0. The quantitative estimate of drug-likeness (QED) is 0.182. The van der Waals surface area contributed by atoms with E-state index in [1.165, 1.54) is 71.6 Å². The van der Waals surface area contributed by atoms with E-state index in [0.717, 1.165) is 0 Å². The largest absolute Gasteiger partial charge is 0.0622 e. The smallest absolute Gasteiger partial charge is 0.0357 e. The minimum Gasteiger partial charge on any atom is -0.0622 e. The number of hydrogen-bond acceptors (Lipinski definition) is 0. The molecule has 0 heteroatoms. The van der Waals surface area contributed by atoms with Gasteiger partial charge in [-0.3, -0.25) is 0 Å². The SMILES string of the molecule is Cc1c(C(C)(C)C)cc2cc(C(C)(C)C)ccc2c1C(c1ccccc1)c1c(C)c(C(C)(C)C)cc2cc(C(C)(C)C)ccc12. The van der Waals surface area contributed by atoms with Crippen molar-refractivity contribution in [2.75, 3.05) is 0 Å². The summed E-state index contributed by atoms with van der Waals surface area (Å²) in [6.45, 7) is 32.9. The van der Waals surface area contributed by atoms with E-state index in [0.29, 0.717) is 0 Å². The van der Waals surface area contributed by atoms with E-state index in [1.54, 1.807) is 0 Å². The molecule has 0 aliphatic carbocycles. The van der Waals surface area contributed by atoms with Gasteiger partial charge in [-0.15, -0.1) is 0 Å². The molecule has 0 amide bonds. The van der Waals surface area contributed by atoms with Gasteiger partial charge in [0.15, 0.2) is 0 Å². The Morgan fingerprint density at radius 1 is 0.422 bits per heavy atom. The standard InChI is InChI=1S/C45H56/c1-28-37(44(9,10)11)26-31-24-33(42(3,4)5)20-22-35(31)39(28)41(30-18-16-15-17-19-30)40-29(2)38(45(12,13)14)27-32-25-34(43(6,7)8)21-23-36(32)40/h15-27,41H,1-14H3. The maximum atomic E-state index is 2.48. The zero-order valence-electron chi connectivity index (χ0n) is 30.6. The normalized spacial score (nSPS) is 13.3. The van der Waals surface area contributed by atoms with Crippen LogP contribution < -0.4 is 0 Å². The van der Waals surface area contributed by atoms with Crippen LogP contribution in [0.2, 0.25) is 0 Å². The zero-order valence-corrected chi connectivity index (χ0v) is 30.6. The highest BCUT2D eigenvalue weighted by Gasteiger charge is 2.31. The zero-order chi connectivity index (χ0) is 33.3. The molecule has 0 heterocycles. The summed E-state index contributed by atoms with van der Waals surface area (Å²) in [6, 6.07) is 30.8. The summed E-state index contributed by atoms with van der Waals surface area (Å²) in [5.41, 5.74) is 12.9. The molecule has 5 aromatic carbocycles. The molecule has 0 aromatic heterocycles. The Morgan fingerprint density at radius 3 is 1.13 bits per heavy atom. The van der Waals surface area contributed by atoms with Crippen molar-refractivity contribution in [1.29, 1.82) is 0 Å². The average molecular weight is 597 g/mol. The second-order valence-corrected chi connectivity index (χ2v) is 17.6. The van der Waals surface area contributed by atoms with Gasteiger partial charge in [0.1, 0.15) is 0 Å². The van der Waals surface area contributed by atoms with Crippen molar-refractivity contribution >= 4 is 21.5 Å². The van der Waals surface area contributed by atoms with Crippen molar-refractivity contribution in [3.05, 3.63) is 129 Å². The molecule has 0 fully saturated rings. The molecule has 5 rings (SSSR count). The van der Waals surface area contributed by atoms with Crippen LogP contribution in [0.15, 0.2) is 78.9 Å². The van der Waals surface area contributed by atoms with E-state index >= 15 is 0 Å². The fourth-order valence-electron chi connectivity index (χ4n) is 7.43. The first-order valence-electron chi connectivity index (χ1n) is 16.9. The topological polar surface area (TPSA) is 0 Å². The van der Waals surface area contributed by atoms with Crippen LogP contribution in [0, 0.1) is 13.8 Å². The molecule has 0 N–H and O–H groups in total. The maximum Gasteiger partial charge on any atom is 0.0357 e. The third-order valence-electron chi connectivity index (χ3n) is 9.96. The molecule has 0 bridgehead atoms. The Morgan fingerprint density at radius 2 is 0.800 bits per heavy atom. The van der Waals surface area contributed by atoms with Gasteiger partial charge in [0, 0.05) is 5.92 Å². The van der Waals surface area contributed by atoms with Gasteiger partial charge in [-0.2, -0.15) is 0 Å². The summed E-state index contributed by atoms with van der Waals surface area (Å²) in [5, 5.41) is 5.42. The van der Waals surface area contributed by atoms with Gasteiger partial charge in [-0.05, 0) is 107 Å². The molecule has 5 aromatic rings. The fourth-order valence-corrected chi connectivity index (χ4v) is 7.43. The Bertz CT molecular complexity index is 1750. The number of rotatable bonds is 3. The molecule has 0 aliphatic rings. The van der Waals surface area contributed by atoms with E-state index in [-0.39, 0.29) is 27.6 Å². The molecular formula is C45H56. The summed E-state index contributed by atoms with van der Waals surface area (Å²) in [5.74, 6) is 0.0850. The molecule has 0 saturated carbocycles. The fraction of sp³-hybridized carbons (Fsp3) is 0.422. The van der Waals surface area contributed by atoms with Crippen molar-refractivity contribution in [2.24, 2.45) is 0 Å². The highest BCUT2D eigenvalue weighted by Crippen LogP contribution is 2.47. The van der Waals surface area contributed by atoms with Crippen LogP contribution in [0.5, 0.6) is 0 Å². The van der Waals surface area contributed by atoms with Crippen LogP contribution in [0.3, 0.4) is 0 Å². The Hall–Kier alpha value is -3.38. The van der Waals surface area contributed by atoms with E-state index < -0.39 is 0 Å². The first-order chi connectivity index (χ1) is 20.7. The van der Waals surface area contributed by atoms with Crippen LogP contribution in [0.1, 0.15) is 139 Å². The molecular weight excluding hydrogens is 540 g/mol. The van der Waals surface area contributed by atoms with E-state index in [4.69, 9.17) is 0 Å². The highest BCUT2D eigenvalue weighted by atomic mass is 14.3. The predicted octanol–water partition coefficient (Wildman–Crippen LogP) is 13.0. The molecule has 236 valence electrons. The van der Waals surface area contributed by atoms with Gasteiger partial charge in [-0.1, -0.05) is 162 Å². The second kappa shape index (κ2) is 11.2. The van der Waals surface area contributed by atoms with Crippen molar-refractivity contribution in [3.63, 3.8) is 0 Å². The lowest BCUT2D eigenvalue weighted by molar-refractivity contribution is 0.584. The molecule has 0 radical (unpaired) electrons. The van der Waals surface area contributed by atoms with Crippen LogP contribution in [-0.2, 0) is 21.7 Å². The van der Waals surface area contributed by atoms with Gasteiger partial charge < -0.3 is 0 Å². The summed E-state index contributed by atoms with van der Waals surface area (Å²) in [4.78, 5) is 0. The maximum absolute atomic E-state index is 2.48. The first-order valence-corrected chi connectivity index (χ1v) is 16.9. The molecule has 0 saturated heterocycles. The van der Waals surface area contributed by atoms with Crippen molar-refractivity contribution in [1.82, 2.24) is 0 Å². The van der Waals surface area contributed by atoms with Crippen molar-refractivity contribution in [3.8, 4) is 0 Å². The summed E-state index contributed by atoms with van der Waals surface area (Å²) in [7, 11) is 0. The molecule has 0 unspecified atom stereocenters. The van der Waals surface area contributed by atoms with Gasteiger partial charge in [0.05, 0.1) is 0 Å². The van der Waals surface area contributed by atoms with Crippen LogP contribution in [0.4, 0.5) is 0 Å². The van der Waals surface area contributed by atoms with E-state index in [9.17, 15) is 0 Å². The van der Waals surface area contributed by atoms with Gasteiger partial charge in [0.2, 0.25) is 0 Å². The van der Waals surface area contributed by atoms with Crippen LogP contribution in [0.25, 0.3) is 21.5 Å². The summed E-state index contributed by atoms with van der Waals surface area (Å²) in [6.07, 6.45) is 0. The third kappa shape index (κ3) is 6.23. The van der Waals surface area contributed by atoms with Gasteiger partial charge >= 0.3 is 0 Å². The van der Waals surface area contributed by atoms with Crippen molar-refractivity contribution in [2.45, 2.75) is 125 Å². The first kappa shape index (κ1) is 33.0. The highest BCUT2D eigenvalue weighted by molar-refractivity contribution is 5.94. The summed E-state index contributed by atoms with van der Waals surface area (Å²) >= 11 is 0. The average Bonchev–Trinajstić information content (AvgIpc) is 2.92. The number of benzene rings is 5. The van der Waals surface area contributed by atoms with Crippen LogP contribution in [-0.4, -0.2) is 0 Å².